The summed E-state index contributed by atoms with van der Waals surface area (Å²) in [5.74, 6) is 0. The lowest BCUT2D eigenvalue weighted by molar-refractivity contribution is -0.152. The first kappa shape index (κ1) is 37.7. The average Bonchev–Trinajstić information content (AvgIpc) is 3.23. The van der Waals surface area contributed by atoms with Gasteiger partial charge in [0.1, 0.15) is 0 Å². The van der Waals surface area contributed by atoms with Gasteiger partial charge >= 0.3 is 0 Å². The van der Waals surface area contributed by atoms with E-state index in [-0.39, 0.29) is 10.8 Å². The molecule has 8 rings (SSSR count). The molecule has 0 spiro atoms. The van der Waals surface area contributed by atoms with Crippen LogP contribution >= 0.6 is 0 Å². The van der Waals surface area contributed by atoms with Crippen molar-refractivity contribution in [2.24, 2.45) is 10.8 Å². The first-order valence-corrected chi connectivity index (χ1v) is 20.0. The Bertz CT molecular complexity index is 1940. The number of hydrogen-bond donors (Lipinski definition) is 0. The maximum Gasteiger partial charge on any atom is 0.0717 e. The third-order valence-electron chi connectivity index (χ3n) is 11.5. The summed E-state index contributed by atoms with van der Waals surface area (Å²) in [5, 5.41) is 0. The second kappa shape index (κ2) is 17.3. The maximum absolute atomic E-state index is 6.14. The molecule has 0 unspecified atom stereocenters. The van der Waals surface area contributed by atoms with Crippen LogP contribution in [0.4, 0.5) is 34.1 Å². The molecule has 2 saturated heterocycles. The minimum atomic E-state index is 0.188. The Morgan fingerprint density at radius 1 is 0.411 bits per heavy atom. The third kappa shape index (κ3) is 8.45. The molecule has 0 atom stereocenters. The van der Waals surface area contributed by atoms with E-state index in [1.807, 2.05) is 0 Å². The second-order valence-electron chi connectivity index (χ2n) is 15.4. The van der Waals surface area contributed by atoms with Crippen LogP contribution in [0.1, 0.15) is 37.8 Å². The van der Waals surface area contributed by atoms with Crippen molar-refractivity contribution in [2.45, 2.75) is 39.9 Å². The largest absolute Gasteiger partial charge is 0.380 e. The van der Waals surface area contributed by atoms with Crippen LogP contribution in [0.25, 0.3) is 11.1 Å². The second-order valence-corrected chi connectivity index (χ2v) is 15.4. The summed E-state index contributed by atoms with van der Waals surface area (Å²) in [5.41, 5.74) is 11.7. The fourth-order valence-electron chi connectivity index (χ4n) is 7.47. The van der Waals surface area contributed by atoms with Gasteiger partial charge in [-0.15, -0.1) is 0 Å². The maximum atomic E-state index is 6.14. The van der Waals surface area contributed by atoms with Gasteiger partial charge in [0, 0.05) is 45.0 Å². The van der Waals surface area contributed by atoms with E-state index in [1.54, 1.807) is 0 Å². The Hall–Kier alpha value is -5.24. The average molecular weight is 745 g/mol. The van der Waals surface area contributed by atoms with Crippen molar-refractivity contribution < 1.29 is 18.9 Å². The van der Waals surface area contributed by atoms with Gasteiger partial charge < -0.3 is 28.7 Å². The van der Waals surface area contributed by atoms with Crippen molar-refractivity contribution in [1.82, 2.24) is 0 Å². The lowest BCUT2D eigenvalue weighted by atomic mass is 9.84. The van der Waals surface area contributed by atoms with Crippen molar-refractivity contribution >= 4 is 34.1 Å². The van der Waals surface area contributed by atoms with Crippen LogP contribution < -0.4 is 9.80 Å². The van der Waals surface area contributed by atoms with Crippen molar-refractivity contribution in [1.29, 1.82) is 0 Å². The van der Waals surface area contributed by atoms with E-state index in [1.165, 1.54) is 11.1 Å². The molecule has 0 saturated carbocycles. The molecule has 0 radical (unpaired) electrons. The quantitative estimate of drug-likeness (QED) is 0.0926. The van der Waals surface area contributed by atoms with Crippen LogP contribution in [-0.4, -0.2) is 39.6 Å². The summed E-state index contributed by atoms with van der Waals surface area (Å²) in [7, 11) is 0. The van der Waals surface area contributed by atoms with Crippen LogP contribution in [0, 0.1) is 10.8 Å². The Balaban J connectivity index is 0.973. The van der Waals surface area contributed by atoms with Gasteiger partial charge in [-0.1, -0.05) is 98.8 Å². The zero-order valence-corrected chi connectivity index (χ0v) is 32.6. The Morgan fingerprint density at radius 3 is 1.00 bits per heavy atom. The van der Waals surface area contributed by atoms with Crippen molar-refractivity contribution in [3.63, 3.8) is 0 Å². The summed E-state index contributed by atoms with van der Waals surface area (Å²) >= 11 is 0. The minimum Gasteiger partial charge on any atom is -0.380 e. The molecule has 6 nitrogen and oxygen atoms in total. The van der Waals surface area contributed by atoms with Crippen LogP contribution in [-0.2, 0) is 32.2 Å². The number of hydrogen-bond acceptors (Lipinski definition) is 6. The van der Waals surface area contributed by atoms with Gasteiger partial charge in [0.25, 0.3) is 0 Å². The monoisotopic (exact) mass is 744 g/mol. The van der Waals surface area contributed by atoms with Crippen LogP contribution in [0.3, 0.4) is 0 Å². The molecule has 2 heterocycles. The van der Waals surface area contributed by atoms with Crippen molar-refractivity contribution in [3.05, 3.63) is 169 Å². The summed E-state index contributed by atoms with van der Waals surface area (Å²) in [6, 6.07) is 56.2. The molecule has 6 aromatic carbocycles. The van der Waals surface area contributed by atoms with Gasteiger partial charge in [-0.05, 0) is 108 Å². The third-order valence-corrected chi connectivity index (χ3v) is 11.5. The molecule has 6 aromatic rings. The molecule has 2 fully saturated rings. The molecule has 0 amide bonds. The van der Waals surface area contributed by atoms with Gasteiger partial charge in [-0.3, -0.25) is 0 Å². The van der Waals surface area contributed by atoms with Crippen LogP contribution in [0.15, 0.2) is 158 Å². The fourth-order valence-corrected chi connectivity index (χ4v) is 7.47. The zero-order chi connectivity index (χ0) is 38.2. The fraction of sp³-hybridized carbons (Fsp3) is 0.280. The summed E-state index contributed by atoms with van der Waals surface area (Å²) in [4.78, 5) is 4.60. The van der Waals surface area contributed by atoms with E-state index >= 15 is 0 Å². The van der Waals surface area contributed by atoms with Crippen LogP contribution in [0.5, 0.6) is 0 Å². The molecule has 56 heavy (non-hydrogen) atoms. The predicted octanol–water partition coefficient (Wildman–Crippen LogP) is 12.2. The molecule has 0 bridgehead atoms. The lowest BCUT2D eigenvalue weighted by Gasteiger charge is -2.40. The summed E-state index contributed by atoms with van der Waals surface area (Å²) < 4.78 is 23.2. The zero-order valence-electron chi connectivity index (χ0n) is 32.6. The molecular formula is C50H52N2O4. The van der Waals surface area contributed by atoms with Crippen LogP contribution in [0.2, 0.25) is 0 Å². The van der Waals surface area contributed by atoms with E-state index in [0.717, 1.165) is 97.7 Å². The Labute approximate surface area is 332 Å². The highest BCUT2D eigenvalue weighted by Gasteiger charge is 2.37. The smallest absolute Gasteiger partial charge is 0.0717 e. The molecule has 2 aliphatic heterocycles. The number of benzene rings is 6. The van der Waals surface area contributed by atoms with Crippen molar-refractivity contribution in [2.75, 3.05) is 49.4 Å². The van der Waals surface area contributed by atoms with E-state index in [9.17, 15) is 0 Å². The Kier molecular flexibility index (Phi) is 11.6. The number of para-hydroxylation sites is 2. The normalized spacial score (nSPS) is 15.4. The molecule has 286 valence electrons. The number of rotatable bonds is 17. The minimum absolute atomic E-state index is 0.188. The first-order valence-electron chi connectivity index (χ1n) is 20.0. The summed E-state index contributed by atoms with van der Waals surface area (Å²) in [6.07, 6.45) is 2.16. The van der Waals surface area contributed by atoms with E-state index in [4.69, 9.17) is 18.9 Å². The SMILES string of the molecule is CCC1(COCc2ccc(N(c3ccccc3)c3ccc(-c4ccc(N(c5ccccc5)c5ccc(COCC6(CC)COC6)cc5)cc4)cc3)cc2)COC1. The molecule has 0 aromatic heterocycles. The summed E-state index contributed by atoms with van der Waals surface area (Å²) in [6.45, 7) is 10.3. The molecule has 0 aliphatic carbocycles. The van der Waals surface area contributed by atoms with Gasteiger partial charge in [0.05, 0.1) is 52.9 Å². The van der Waals surface area contributed by atoms with Gasteiger partial charge in [-0.25, -0.2) is 0 Å². The van der Waals surface area contributed by atoms with Crippen molar-refractivity contribution in [3.8, 4) is 11.1 Å². The lowest BCUT2D eigenvalue weighted by Crippen LogP contribution is -2.45. The van der Waals surface area contributed by atoms with Gasteiger partial charge in [0.2, 0.25) is 0 Å². The predicted molar refractivity (Wildman–Crippen MR) is 228 cm³/mol. The molecule has 6 heteroatoms. The van der Waals surface area contributed by atoms with E-state index < -0.39 is 0 Å². The highest BCUT2D eigenvalue weighted by molar-refractivity contribution is 5.80. The Morgan fingerprint density at radius 2 is 0.714 bits per heavy atom. The first-order chi connectivity index (χ1) is 27.6. The van der Waals surface area contributed by atoms with E-state index in [2.05, 4.69) is 181 Å². The molecule has 2 aliphatic rings. The van der Waals surface area contributed by atoms with E-state index in [0.29, 0.717) is 13.2 Å². The van der Waals surface area contributed by atoms with Gasteiger partial charge in [0.15, 0.2) is 0 Å². The topological polar surface area (TPSA) is 43.4 Å². The highest BCUT2D eigenvalue weighted by Crippen LogP contribution is 2.39. The molecule has 0 N–H and O–H groups in total. The van der Waals surface area contributed by atoms with Gasteiger partial charge in [-0.2, -0.15) is 0 Å². The standard InChI is InChI=1S/C50H52N2O4/c1-3-49(35-55-36-49)33-53-31-39-15-23-45(24-16-39)51(43-11-7-5-8-12-43)47-27-19-41(20-28-47)42-21-29-48(30-22-42)52(44-13-9-6-10-14-44)46-25-17-40(18-26-46)32-54-34-50(4-2)37-56-38-50/h5-30H,3-4,31-38H2,1-2H3. The number of anilines is 6. The number of nitrogens with zero attached hydrogens (tertiary/aromatic N) is 2. The highest BCUT2D eigenvalue weighted by atomic mass is 16.5. The molecular weight excluding hydrogens is 693 g/mol. The number of ether oxygens (including phenoxy) is 4.